The number of nitrogens with zero attached hydrogens (tertiary/aromatic N) is 1. The van der Waals surface area contributed by atoms with Gasteiger partial charge in [-0.25, -0.2) is 4.79 Å². The van der Waals surface area contributed by atoms with E-state index in [4.69, 9.17) is 4.74 Å². The van der Waals surface area contributed by atoms with Crippen LogP contribution in [0.15, 0.2) is 46.9 Å². The normalized spacial score (nSPS) is 16.5. The summed E-state index contributed by atoms with van der Waals surface area (Å²) >= 11 is 3.43. The van der Waals surface area contributed by atoms with Crippen molar-refractivity contribution in [1.29, 1.82) is 0 Å². The molecule has 1 aromatic heterocycles. The van der Waals surface area contributed by atoms with Crippen LogP contribution in [0.2, 0.25) is 0 Å². The molecule has 0 aliphatic carbocycles. The highest BCUT2D eigenvalue weighted by atomic mass is 79.9. The van der Waals surface area contributed by atoms with Crippen LogP contribution in [0.5, 0.6) is 0 Å². The third-order valence-electron chi connectivity index (χ3n) is 6.15. The minimum atomic E-state index is -0.331. The molecule has 1 fully saturated rings. The fourth-order valence-electron chi connectivity index (χ4n) is 4.24. The molecule has 1 unspecified atom stereocenters. The predicted molar refractivity (Wildman–Crippen MR) is 126 cm³/mol. The van der Waals surface area contributed by atoms with Gasteiger partial charge < -0.3 is 19.7 Å². The number of nitrogens with one attached hydrogen (secondary N) is 1. The number of aromatic nitrogens is 1. The number of halogens is 1. The average Bonchev–Trinajstić information content (AvgIpc) is 3.08. The summed E-state index contributed by atoms with van der Waals surface area (Å²) in [6.45, 7) is 6.66. The van der Waals surface area contributed by atoms with Gasteiger partial charge in [-0.15, -0.1) is 0 Å². The molecular formula is C25H29BrN2O3. The summed E-state index contributed by atoms with van der Waals surface area (Å²) in [5.74, 6) is -0.304. The van der Waals surface area contributed by atoms with Crippen molar-refractivity contribution in [2.75, 3.05) is 19.6 Å². The highest BCUT2D eigenvalue weighted by Gasteiger charge is 2.21. The molecule has 4 rings (SSSR count). The molecular weight excluding hydrogens is 456 g/mol. The number of aliphatic hydroxyl groups excluding tert-OH is 1. The molecule has 2 heterocycles. The number of hydrogen-bond acceptors (Lipinski definition) is 4. The molecule has 1 atom stereocenters. The van der Waals surface area contributed by atoms with Crippen molar-refractivity contribution in [1.82, 2.24) is 9.88 Å². The number of rotatable bonds is 6. The van der Waals surface area contributed by atoms with E-state index < -0.39 is 0 Å². The second-order valence-corrected chi connectivity index (χ2v) is 9.34. The van der Waals surface area contributed by atoms with E-state index in [1.807, 2.05) is 44.2 Å². The fourth-order valence-corrected chi connectivity index (χ4v) is 4.51. The van der Waals surface area contributed by atoms with Crippen molar-refractivity contribution < 1.29 is 14.6 Å². The van der Waals surface area contributed by atoms with Crippen molar-refractivity contribution in [2.45, 2.75) is 45.3 Å². The molecule has 1 aliphatic rings. The van der Waals surface area contributed by atoms with Gasteiger partial charge in [0, 0.05) is 40.7 Å². The van der Waals surface area contributed by atoms with Crippen LogP contribution < -0.4 is 0 Å². The first-order valence-corrected chi connectivity index (χ1v) is 11.7. The number of fused-ring (bicyclic) bond motifs is 1. The van der Waals surface area contributed by atoms with E-state index >= 15 is 0 Å². The van der Waals surface area contributed by atoms with Crippen LogP contribution >= 0.6 is 15.9 Å². The molecule has 3 aromatic rings. The number of carbonyl (C=O) groups excluding carboxylic acids is 1. The number of aromatic amines is 1. The minimum absolute atomic E-state index is 0.149. The number of H-pyrrole nitrogens is 1. The smallest absolute Gasteiger partial charge is 0.341 e. The lowest BCUT2D eigenvalue weighted by atomic mass is 10.0. The first-order chi connectivity index (χ1) is 14.9. The van der Waals surface area contributed by atoms with Crippen LogP contribution in [0.1, 0.15) is 53.0 Å². The fraction of sp³-hybridized carbons (Fsp3) is 0.400. The van der Waals surface area contributed by atoms with Crippen LogP contribution in [0.4, 0.5) is 0 Å². The number of esters is 1. The lowest BCUT2D eigenvalue weighted by Gasteiger charge is -2.29. The third kappa shape index (κ3) is 5.20. The van der Waals surface area contributed by atoms with Gasteiger partial charge in [0.25, 0.3) is 0 Å². The molecule has 164 valence electrons. The largest absolute Gasteiger partial charge is 0.454 e. The van der Waals surface area contributed by atoms with Gasteiger partial charge in [-0.05, 0) is 68.5 Å². The van der Waals surface area contributed by atoms with Crippen molar-refractivity contribution in [3.05, 3.63) is 69.3 Å². The Balaban J connectivity index is 1.49. The number of ether oxygens (including phenoxy) is 1. The maximum Gasteiger partial charge on any atom is 0.341 e. The number of hydrogen-bond donors (Lipinski definition) is 2. The maximum atomic E-state index is 13.1. The molecule has 0 saturated carbocycles. The van der Waals surface area contributed by atoms with E-state index in [1.165, 1.54) is 5.56 Å². The second-order valence-electron chi connectivity index (χ2n) is 8.43. The lowest BCUT2D eigenvalue weighted by molar-refractivity contribution is 0.0339. The van der Waals surface area contributed by atoms with E-state index in [0.717, 1.165) is 65.5 Å². The Hall–Kier alpha value is -2.15. The van der Waals surface area contributed by atoms with Crippen LogP contribution in [0.25, 0.3) is 10.9 Å². The minimum Gasteiger partial charge on any atom is -0.454 e. The molecule has 6 heteroatoms. The first kappa shape index (κ1) is 22.1. The molecule has 0 bridgehead atoms. The first-order valence-electron chi connectivity index (χ1n) is 10.9. The van der Waals surface area contributed by atoms with Gasteiger partial charge in [0.15, 0.2) is 0 Å². The Morgan fingerprint density at radius 1 is 1.23 bits per heavy atom. The average molecular weight is 485 g/mol. The molecule has 1 aliphatic heterocycles. The Kier molecular flexibility index (Phi) is 6.80. The van der Waals surface area contributed by atoms with Gasteiger partial charge in [0.05, 0.1) is 11.7 Å². The Morgan fingerprint density at radius 2 is 1.94 bits per heavy atom. The van der Waals surface area contributed by atoms with Gasteiger partial charge in [0.2, 0.25) is 0 Å². The summed E-state index contributed by atoms with van der Waals surface area (Å²) in [4.78, 5) is 18.8. The molecule has 31 heavy (non-hydrogen) atoms. The number of carbonyl (C=O) groups is 1. The topological polar surface area (TPSA) is 65.6 Å². The zero-order valence-corrected chi connectivity index (χ0v) is 19.6. The molecule has 2 N–H and O–H groups in total. The summed E-state index contributed by atoms with van der Waals surface area (Å²) in [6.07, 6.45) is 2.14. The molecule has 2 aromatic carbocycles. The maximum absolute atomic E-state index is 13.1. The third-order valence-corrected chi connectivity index (χ3v) is 6.68. The van der Waals surface area contributed by atoms with Crippen LogP contribution in [0.3, 0.4) is 0 Å². The highest BCUT2D eigenvalue weighted by Crippen LogP contribution is 2.27. The highest BCUT2D eigenvalue weighted by molar-refractivity contribution is 9.10. The summed E-state index contributed by atoms with van der Waals surface area (Å²) in [5.41, 5.74) is 4.55. The Morgan fingerprint density at radius 3 is 2.65 bits per heavy atom. The van der Waals surface area contributed by atoms with Crippen LogP contribution in [0, 0.1) is 6.92 Å². The molecule has 1 saturated heterocycles. The molecule has 0 spiro atoms. The number of piperidine rings is 1. The van der Waals surface area contributed by atoms with Gasteiger partial charge in [-0.1, -0.05) is 34.1 Å². The van der Waals surface area contributed by atoms with E-state index in [-0.39, 0.29) is 18.2 Å². The molecule has 0 radical (unpaired) electrons. The van der Waals surface area contributed by atoms with Crippen molar-refractivity contribution in [3.8, 4) is 0 Å². The summed E-state index contributed by atoms with van der Waals surface area (Å²) in [7, 11) is 0. The van der Waals surface area contributed by atoms with Gasteiger partial charge in [-0.2, -0.15) is 0 Å². The lowest BCUT2D eigenvalue weighted by Crippen LogP contribution is -2.37. The van der Waals surface area contributed by atoms with Crippen molar-refractivity contribution in [3.63, 3.8) is 0 Å². The zero-order valence-electron chi connectivity index (χ0n) is 18.0. The molecule has 0 amide bonds. The second kappa shape index (κ2) is 9.55. The Labute approximate surface area is 191 Å². The van der Waals surface area contributed by atoms with E-state index in [2.05, 4.69) is 37.9 Å². The quantitative estimate of drug-likeness (QED) is 0.474. The number of likely N-dealkylation sites (tertiary alicyclic amines) is 1. The predicted octanol–water partition coefficient (Wildman–Crippen LogP) is 5.16. The van der Waals surface area contributed by atoms with Gasteiger partial charge >= 0.3 is 5.97 Å². The summed E-state index contributed by atoms with van der Waals surface area (Å²) < 4.78 is 6.80. The van der Waals surface area contributed by atoms with Gasteiger partial charge in [-0.3, -0.25) is 0 Å². The number of aryl methyl sites for hydroxylation is 1. The SMILES string of the molecule is Cc1[nH]c2ccc(CCN3CCC(O)CC3)cc2c1C(=O)OC(C)c1ccc(Br)cc1. The standard InChI is InChI=1S/C25H29BrN2O3/c1-16-24(25(30)31-17(2)19-4-6-20(26)7-5-19)22-15-18(3-8-23(22)27-16)9-12-28-13-10-21(29)11-14-28/h3-8,15,17,21,27,29H,9-14H2,1-2H3. The van der Waals surface area contributed by atoms with E-state index in [1.54, 1.807) is 0 Å². The summed E-state index contributed by atoms with van der Waals surface area (Å²) in [5, 5.41) is 10.6. The van der Waals surface area contributed by atoms with Crippen LogP contribution in [-0.4, -0.2) is 46.7 Å². The van der Waals surface area contributed by atoms with E-state index in [9.17, 15) is 9.90 Å². The molecule has 5 nitrogen and oxygen atoms in total. The van der Waals surface area contributed by atoms with Crippen molar-refractivity contribution in [2.24, 2.45) is 0 Å². The van der Waals surface area contributed by atoms with E-state index in [0.29, 0.717) is 5.56 Å². The number of benzene rings is 2. The van der Waals surface area contributed by atoms with Crippen molar-refractivity contribution >= 4 is 32.8 Å². The van der Waals surface area contributed by atoms with Crippen LogP contribution in [-0.2, 0) is 11.2 Å². The zero-order chi connectivity index (χ0) is 22.0. The number of aliphatic hydroxyl groups is 1. The monoisotopic (exact) mass is 484 g/mol. The van der Waals surface area contributed by atoms with Gasteiger partial charge in [0.1, 0.15) is 6.10 Å². The summed E-state index contributed by atoms with van der Waals surface area (Å²) in [6, 6.07) is 14.1. The Bertz CT molecular complexity index is 1050.